The van der Waals surface area contributed by atoms with Crippen molar-refractivity contribution in [2.75, 3.05) is 6.26 Å². The van der Waals surface area contributed by atoms with Crippen LogP contribution in [-0.4, -0.2) is 36.6 Å². The molecule has 0 spiro atoms. The van der Waals surface area contributed by atoms with E-state index in [1.54, 1.807) is 24.3 Å². The van der Waals surface area contributed by atoms with Crippen molar-refractivity contribution in [2.45, 2.75) is 6.04 Å². The Morgan fingerprint density at radius 3 is 2.38 bits per heavy atom. The van der Waals surface area contributed by atoms with Crippen LogP contribution >= 0.6 is 0 Å². The lowest BCUT2D eigenvalue weighted by molar-refractivity contribution is -0.136. The number of hydrogen-bond donors (Lipinski definition) is 0. The van der Waals surface area contributed by atoms with Crippen LogP contribution in [0.5, 0.6) is 0 Å². The number of fused-ring (bicyclic) bond motifs is 1. The van der Waals surface area contributed by atoms with E-state index in [1.807, 2.05) is 6.07 Å². The van der Waals surface area contributed by atoms with Gasteiger partial charge in [-0.1, -0.05) is 36.4 Å². The van der Waals surface area contributed by atoms with Crippen LogP contribution in [-0.2, 0) is 19.6 Å². The molecule has 0 saturated carbocycles. The highest BCUT2D eigenvalue weighted by atomic mass is 32.2. The predicted octanol–water partition coefficient (Wildman–Crippen LogP) is 0.996. The number of Topliss-reactive ketones (excluding diaryl/α,β-unsaturated/α-hetero) is 1. The number of benzene rings is 1. The molecule has 21 heavy (non-hydrogen) atoms. The van der Waals surface area contributed by atoms with Gasteiger partial charge in [0.05, 0.1) is 18.2 Å². The number of hydrogen-bond acceptors (Lipinski definition) is 4. The van der Waals surface area contributed by atoms with Crippen molar-refractivity contribution in [3.63, 3.8) is 0 Å². The SMILES string of the molecule is CS(=O)(=O)N1C=C(c2ccccc2)C2C(=O)C(=O)C=CC21. The molecular formula is C15H13NO4S. The molecule has 1 heterocycles. The number of carbonyl (C=O) groups is 2. The van der Waals surface area contributed by atoms with E-state index in [1.165, 1.54) is 12.3 Å². The second kappa shape index (κ2) is 4.66. The Bertz CT molecular complexity index is 777. The zero-order valence-corrected chi connectivity index (χ0v) is 12.1. The Balaban J connectivity index is 2.16. The van der Waals surface area contributed by atoms with Gasteiger partial charge in [-0.25, -0.2) is 8.42 Å². The third-order valence-corrected chi connectivity index (χ3v) is 4.81. The minimum absolute atomic E-state index is 0.564. The van der Waals surface area contributed by atoms with Crippen LogP contribution in [0.15, 0.2) is 48.7 Å². The Labute approximate surface area is 122 Å². The summed E-state index contributed by atoms with van der Waals surface area (Å²) in [4.78, 5) is 23.8. The van der Waals surface area contributed by atoms with Crippen molar-refractivity contribution in [1.29, 1.82) is 0 Å². The van der Waals surface area contributed by atoms with Gasteiger partial charge in [-0.2, -0.15) is 0 Å². The number of sulfonamides is 1. The molecule has 1 aromatic rings. The second-order valence-corrected chi connectivity index (χ2v) is 6.99. The van der Waals surface area contributed by atoms with E-state index in [4.69, 9.17) is 0 Å². The summed E-state index contributed by atoms with van der Waals surface area (Å²) in [5.41, 5.74) is 1.31. The minimum atomic E-state index is -3.51. The summed E-state index contributed by atoms with van der Waals surface area (Å²) in [6.45, 7) is 0. The van der Waals surface area contributed by atoms with Gasteiger partial charge < -0.3 is 0 Å². The lowest BCUT2D eigenvalue weighted by atomic mass is 9.82. The highest BCUT2D eigenvalue weighted by Crippen LogP contribution is 2.39. The average molecular weight is 303 g/mol. The van der Waals surface area contributed by atoms with Crippen molar-refractivity contribution in [1.82, 2.24) is 4.31 Å². The Kier molecular flexibility index (Phi) is 3.06. The third-order valence-electron chi connectivity index (χ3n) is 3.70. The van der Waals surface area contributed by atoms with Gasteiger partial charge in [0.15, 0.2) is 0 Å². The first kappa shape index (κ1) is 13.8. The summed E-state index contributed by atoms with van der Waals surface area (Å²) in [5, 5.41) is 0. The van der Waals surface area contributed by atoms with E-state index in [-0.39, 0.29) is 0 Å². The van der Waals surface area contributed by atoms with Crippen LogP contribution in [0.1, 0.15) is 5.56 Å². The molecule has 2 unspecified atom stereocenters. The fraction of sp³-hybridized carbons (Fsp3) is 0.200. The van der Waals surface area contributed by atoms with E-state index in [2.05, 4.69) is 0 Å². The van der Waals surface area contributed by atoms with Crippen molar-refractivity contribution in [3.05, 3.63) is 54.2 Å². The monoisotopic (exact) mass is 303 g/mol. The fourth-order valence-corrected chi connectivity index (χ4v) is 3.69. The molecule has 3 rings (SSSR count). The topological polar surface area (TPSA) is 71.5 Å². The molecule has 108 valence electrons. The number of rotatable bonds is 2. The van der Waals surface area contributed by atoms with Gasteiger partial charge in [-0.15, -0.1) is 0 Å². The highest BCUT2D eigenvalue weighted by Gasteiger charge is 2.46. The molecule has 5 nitrogen and oxygen atoms in total. The Morgan fingerprint density at radius 1 is 1.10 bits per heavy atom. The van der Waals surface area contributed by atoms with Gasteiger partial charge in [0.25, 0.3) is 0 Å². The van der Waals surface area contributed by atoms with Crippen LogP contribution in [0.2, 0.25) is 0 Å². The molecule has 0 aromatic heterocycles. The first-order valence-corrected chi connectivity index (χ1v) is 8.26. The predicted molar refractivity (Wildman–Crippen MR) is 77.5 cm³/mol. The summed E-state index contributed by atoms with van der Waals surface area (Å²) in [7, 11) is -3.51. The van der Waals surface area contributed by atoms with Crippen molar-refractivity contribution < 1.29 is 18.0 Å². The maximum absolute atomic E-state index is 12.2. The van der Waals surface area contributed by atoms with E-state index >= 15 is 0 Å². The lowest BCUT2D eigenvalue weighted by Gasteiger charge is -2.27. The molecular weight excluding hydrogens is 290 g/mol. The number of ketones is 2. The maximum Gasteiger partial charge on any atom is 0.232 e. The van der Waals surface area contributed by atoms with E-state index in [0.29, 0.717) is 5.57 Å². The molecule has 6 heteroatoms. The molecule has 0 saturated heterocycles. The van der Waals surface area contributed by atoms with Gasteiger partial charge in [0.1, 0.15) is 0 Å². The molecule has 0 amide bonds. The fourth-order valence-electron chi connectivity index (χ4n) is 2.75. The summed E-state index contributed by atoms with van der Waals surface area (Å²) >= 11 is 0. The molecule has 0 radical (unpaired) electrons. The molecule has 0 N–H and O–H groups in total. The second-order valence-electron chi connectivity index (χ2n) is 5.10. The van der Waals surface area contributed by atoms with Crippen molar-refractivity contribution in [3.8, 4) is 0 Å². The molecule has 1 aliphatic heterocycles. The van der Waals surface area contributed by atoms with Gasteiger partial charge in [-0.3, -0.25) is 13.9 Å². The van der Waals surface area contributed by atoms with Crippen LogP contribution in [0.4, 0.5) is 0 Å². The number of carbonyl (C=O) groups excluding carboxylic acids is 2. The summed E-state index contributed by atoms with van der Waals surface area (Å²) in [6.07, 6.45) is 5.19. The molecule has 1 aliphatic carbocycles. The van der Waals surface area contributed by atoms with Gasteiger partial charge in [0.2, 0.25) is 21.6 Å². The highest BCUT2D eigenvalue weighted by molar-refractivity contribution is 7.88. The van der Waals surface area contributed by atoms with Crippen LogP contribution in [0.25, 0.3) is 5.57 Å². The Hall–Kier alpha value is -2.21. The zero-order chi connectivity index (χ0) is 15.2. The summed E-state index contributed by atoms with van der Waals surface area (Å²) in [5.74, 6) is -1.92. The molecule has 0 fully saturated rings. The zero-order valence-electron chi connectivity index (χ0n) is 11.3. The van der Waals surface area contributed by atoms with E-state index in [9.17, 15) is 18.0 Å². The first-order valence-electron chi connectivity index (χ1n) is 6.41. The van der Waals surface area contributed by atoms with E-state index in [0.717, 1.165) is 22.2 Å². The quantitative estimate of drug-likeness (QED) is 0.764. The smallest absolute Gasteiger partial charge is 0.232 e. The van der Waals surface area contributed by atoms with Crippen LogP contribution in [0.3, 0.4) is 0 Å². The van der Waals surface area contributed by atoms with Crippen LogP contribution in [0, 0.1) is 5.92 Å². The maximum atomic E-state index is 12.2. The number of allylic oxidation sites excluding steroid dienone is 1. The van der Waals surface area contributed by atoms with Gasteiger partial charge >= 0.3 is 0 Å². The first-order chi connectivity index (χ1) is 9.89. The molecule has 2 aliphatic rings. The normalized spacial score (nSPS) is 25.0. The lowest BCUT2D eigenvalue weighted by Crippen LogP contribution is -2.42. The summed E-state index contributed by atoms with van der Waals surface area (Å²) in [6, 6.07) is 8.38. The molecule has 2 atom stereocenters. The molecule has 1 aromatic carbocycles. The van der Waals surface area contributed by atoms with Gasteiger partial charge in [-0.05, 0) is 17.2 Å². The minimum Gasteiger partial charge on any atom is -0.290 e. The van der Waals surface area contributed by atoms with E-state index < -0.39 is 33.5 Å². The Morgan fingerprint density at radius 2 is 1.76 bits per heavy atom. The van der Waals surface area contributed by atoms with Crippen LogP contribution < -0.4 is 0 Å². The average Bonchev–Trinajstić information content (AvgIpc) is 2.84. The third kappa shape index (κ3) is 2.21. The van der Waals surface area contributed by atoms with Crippen molar-refractivity contribution >= 4 is 27.2 Å². The van der Waals surface area contributed by atoms with Gasteiger partial charge in [0, 0.05) is 6.20 Å². The summed E-state index contributed by atoms with van der Waals surface area (Å²) < 4.78 is 25.0. The standard InChI is InChI=1S/C15H13NO4S/c1-21(19,20)16-9-11(10-5-3-2-4-6-10)14-12(16)7-8-13(17)15(14)18/h2-9,12,14H,1H3. The molecule has 0 bridgehead atoms. The van der Waals surface area contributed by atoms with Crippen molar-refractivity contribution in [2.24, 2.45) is 5.92 Å². The largest absolute Gasteiger partial charge is 0.290 e. The number of nitrogens with zero attached hydrogens (tertiary/aromatic N) is 1.